The summed E-state index contributed by atoms with van der Waals surface area (Å²) in [6.07, 6.45) is 4.24. The molecular formula is C19H29N3O. The molecule has 2 aliphatic heterocycles. The molecule has 2 heterocycles. The number of amides is 1. The van der Waals surface area contributed by atoms with Gasteiger partial charge in [0.2, 0.25) is 0 Å². The van der Waals surface area contributed by atoms with Gasteiger partial charge >= 0.3 is 0 Å². The van der Waals surface area contributed by atoms with Crippen molar-refractivity contribution in [3.8, 4) is 0 Å². The van der Waals surface area contributed by atoms with Crippen LogP contribution in [-0.4, -0.2) is 42.0 Å². The summed E-state index contributed by atoms with van der Waals surface area (Å²) in [5.41, 5.74) is 1.71. The van der Waals surface area contributed by atoms with Crippen LogP contribution in [0.3, 0.4) is 0 Å². The highest BCUT2D eigenvalue weighted by atomic mass is 16.2. The molecule has 23 heavy (non-hydrogen) atoms. The average molecular weight is 315 g/mol. The molecule has 0 aromatic heterocycles. The Morgan fingerprint density at radius 2 is 1.91 bits per heavy atom. The molecule has 1 saturated heterocycles. The molecule has 2 aliphatic rings. The Bertz CT molecular complexity index is 563. The Morgan fingerprint density at radius 1 is 1.22 bits per heavy atom. The van der Waals surface area contributed by atoms with Crippen LogP contribution in [0, 0.1) is 0 Å². The molecule has 1 amide bonds. The highest BCUT2D eigenvalue weighted by Crippen LogP contribution is 2.40. The smallest absolute Gasteiger partial charge is 0.252 e. The highest BCUT2D eigenvalue weighted by molar-refractivity contribution is 6.07. The summed E-state index contributed by atoms with van der Waals surface area (Å²) >= 11 is 0. The first-order valence-corrected chi connectivity index (χ1v) is 9.04. The minimum absolute atomic E-state index is 0.251. The summed E-state index contributed by atoms with van der Waals surface area (Å²) in [4.78, 5) is 17.6. The Kier molecular flexibility index (Phi) is 4.62. The van der Waals surface area contributed by atoms with Crippen LogP contribution in [-0.2, 0) is 4.79 Å². The maximum Gasteiger partial charge on any atom is 0.252 e. The van der Waals surface area contributed by atoms with Crippen LogP contribution in [0.2, 0.25) is 0 Å². The lowest BCUT2D eigenvalue weighted by Crippen LogP contribution is -2.62. The zero-order valence-electron chi connectivity index (χ0n) is 14.6. The molecule has 0 aliphatic carbocycles. The highest BCUT2D eigenvalue weighted by Gasteiger charge is 2.47. The standard InChI is InChI=1S/C19H29N3O/c1-4-8-15(3)21-13-11-19(12-14-21)18(23)22(5-2)17-10-7-6-9-16(17)20-19/h6-7,9-10,15,20H,4-5,8,11-14H2,1-3H3/t15-/m1/s1. The number of nitrogens with zero attached hydrogens (tertiary/aromatic N) is 2. The monoisotopic (exact) mass is 315 g/mol. The molecule has 0 unspecified atom stereocenters. The maximum atomic E-state index is 13.1. The van der Waals surface area contributed by atoms with Crippen LogP contribution >= 0.6 is 0 Å². The number of nitrogens with one attached hydrogen (secondary N) is 1. The largest absolute Gasteiger partial charge is 0.369 e. The molecule has 4 nitrogen and oxygen atoms in total. The third-order valence-electron chi connectivity index (χ3n) is 5.52. The summed E-state index contributed by atoms with van der Waals surface area (Å²) in [7, 11) is 0. The van der Waals surface area contributed by atoms with E-state index in [9.17, 15) is 4.79 Å². The predicted molar refractivity (Wildman–Crippen MR) is 96.0 cm³/mol. The van der Waals surface area contributed by atoms with E-state index in [-0.39, 0.29) is 5.91 Å². The molecular weight excluding hydrogens is 286 g/mol. The first kappa shape index (κ1) is 16.3. The Hall–Kier alpha value is -1.55. The van der Waals surface area contributed by atoms with Crippen molar-refractivity contribution in [2.24, 2.45) is 0 Å². The van der Waals surface area contributed by atoms with Gasteiger partial charge in [-0.25, -0.2) is 0 Å². The van der Waals surface area contributed by atoms with E-state index in [1.54, 1.807) is 0 Å². The number of benzene rings is 1. The minimum Gasteiger partial charge on any atom is -0.369 e. The first-order chi connectivity index (χ1) is 11.1. The van der Waals surface area contributed by atoms with Gasteiger partial charge in [0.1, 0.15) is 5.54 Å². The molecule has 0 saturated carbocycles. The summed E-state index contributed by atoms with van der Waals surface area (Å²) in [5.74, 6) is 0.251. The minimum atomic E-state index is -0.410. The fourth-order valence-corrected chi connectivity index (χ4v) is 4.09. The second-order valence-electron chi connectivity index (χ2n) is 6.95. The Morgan fingerprint density at radius 3 is 2.57 bits per heavy atom. The summed E-state index contributed by atoms with van der Waals surface area (Å²) < 4.78 is 0. The van der Waals surface area contributed by atoms with Crippen molar-refractivity contribution < 1.29 is 4.79 Å². The van der Waals surface area contributed by atoms with Crippen molar-refractivity contribution >= 4 is 17.3 Å². The van der Waals surface area contributed by atoms with Gasteiger partial charge in [-0.1, -0.05) is 25.5 Å². The van der Waals surface area contributed by atoms with Crippen molar-refractivity contribution in [2.45, 2.75) is 58.0 Å². The van der Waals surface area contributed by atoms with E-state index < -0.39 is 5.54 Å². The van der Waals surface area contributed by atoms with Crippen LogP contribution in [0.25, 0.3) is 0 Å². The molecule has 0 radical (unpaired) electrons. The van der Waals surface area contributed by atoms with Crippen LogP contribution in [0.4, 0.5) is 11.4 Å². The molecule has 1 atom stereocenters. The van der Waals surface area contributed by atoms with Crippen molar-refractivity contribution in [2.75, 3.05) is 29.9 Å². The van der Waals surface area contributed by atoms with Gasteiger partial charge in [0.25, 0.3) is 5.91 Å². The predicted octanol–water partition coefficient (Wildman–Crippen LogP) is 3.49. The van der Waals surface area contributed by atoms with Gasteiger partial charge in [0.15, 0.2) is 0 Å². The van der Waals surface area contributed by atoms with Crippen LogP contribution in [0.15, 0.2) is 24.3 Å². The van der Waals surface area contributed by atoms with Crippen LogP contribution in [0.5, 0.6) is 0 Å². The van der Waals surface area contributed by atoms with E-state index in [0.29, 0.717) is 6.04 Å². The van der Waals surface area contributed by atoms with Gasteiger partial charge in [0, 0.05) is 25.7 Å². The Labute approximate surface area is 139 Å². The zero-order chi connectivity index (χ0) is 16.4. The molecule has 1 spiro atoms. The molecule has 1 N–H and O–H groups in total. The molecule has 0 bridgehead atoms. The second-order valence-corrected chi connectivity index (χ2v) is 6.95. The van der Waals surface area contributed by atoms with E-state index in [0.717, 1.165) is 43.9 Å². The number of likely N-dealkylation sites (N-methyl/N-ethyl adjacent to an activating group) is 1. The fraction of sp³-hybridized carbons (Fsp3) is 0.632. The summed E-state index contributed by atoms with van der Waals surface area (Å²) in [5, 5.41) is 3.60. The number of likely N-dealkylation sites (tertiary alicyclic amines) is 1. The quantitative estimate of drug-likeness (QED) is 0.924. The number of anilines is 2. The van der Waals surface area contributed by atoms with E-state index in [1.165, 1.54) is 12.8 Å². The molecule has 1 fully saturated rings. The number of carbonyl (C=O) groups is 1. The van der Waals surface area contributed by atoms with Gasteiger partial charge in [0.05, 0.1) is 11.4 Å². The lowest BCUT2D eigenvalue weighted by molar-refractivity contribution is -0.125. The molecule has 4 heteroatoms. The molecule has 3 rings (SSSR count). The van der Waals surface area contributed by atoms with Gasteiger partial charge in [-0.2, -0.15) is 0 Å². The van der Waals surface area contributed by atoms with Crippen molar-refractivity contribution in [1.29, 1.82) is 0 Å². The number of carbonyl (C=O) groups excluding carboxylic acids is 1. The molecule has 126 valence electrons. The van der Waals surface area contributed by atoms with Crippen molar-refractivity contribution in [3.63, 3.8) is 0 Å². The van der Waals surface area contributed by atoms with Crippen molar-refractivity contribution in [3.05, 3.63) is 24.3 Å². The van der Waals surface area contributed by atoms with E-state index >= 15 is 0 Å². The topological polar surface area (TPSA) is 35.6 Å². The SMILES string of the molecule is CCC[C@@H](C)N1CCC2(CC1)Nc1ccccc1N(CC)C2=O. The Balaban J connectivity index is 1.80. The van der Waals surface area contributed by atoms with Crippen LogP contribution in [0.1, 0.15) is 46.5 Å². The fourth-order valence-electron chi connectivity index (χ4n) is 4.09. The van der Waals surface area contributed by atoms with Crippen LogP contribution < -0.4 is 10.2 Å². The number of rotatable bonds is 4. The third-order valence-corrected chi connectivity index (χ3v) is 5.52. The number of piperidine rings is 1. The van der Waals surface area contributed by atoms with Gasteiger partial charge in [-0.3, -0.25) is 4.79 Å². The van der Waals surface area contributed by atoms with E-state index in [2.05, 4.69) is 37.1 Å². The lowest BCUT2D eigenvalue weighted by atomic mass is 9.83. The molecule has 1 aromatic rings. The van der Waals surface area contributed by atoms with Gasteiger partial charge in [-0.05, 0) is 45.2 Å². The normalized spacial score (nSPS) is 21.9. The lowest BCUT2D eigenvalue weighted by Gasteiger charge is -2.48. The molecule has 1 aromatic carbocycles. The first-order valence-electron chi connectivity index (χ1n) is 9.04. The van der Waals surface area contributed by atoms with Crippen molar-refractivity contribution in [1.82, 2.24) is 4.90 Å². The second kappa shape index (κ2) is 6.52. The number of hydrogen-bond donors (Lipinski definition) is 1. The van der Waals surface area contributed by atoms with Gasteiger partial charge in [-0.15, -0.1) is 0 Å². The third kappa shape index (κ3) is 2.85. The van der Waals surface area contributed by atoms with E-state index in [1.807, 2.05) is 23.1 Å². The summed E-state index contributed by atoms with van der Waals surface area (Å²) in [6.45, 7) is 9.34. The van der Waals surface area contributed by atoms with E-state index in [4.69, 9.17) is 0 Å². The van der Waals surface area contributed by atoms with Gasteiger partial charge < -0.3 is 15.1 Å². The average Bonchev–Trinajstić information content (AvgIpc) is 2.57. The summed E-state index contributed by atoms with van der Waals surface area (Å²) in [6, 6.07) is 8.80. The number of para-hydroxylation sites is 2. The maximum absolute atomic E-state index is 13.1. The number of fused-ring (bicyclic) bond motifs is 1. The zero-order valence-corrected chi connectivity index (χ0v) is 14.6. The number of hydrogen-bond acceptors (Lipinski definition) is 3.